The van der Waals surface area contributed by atoms with Gasteiger partial charge in [0.25, 0.3) is 0 Å². The SMILES string of the molecule is COC(=O)[C@H](Cc1ccc(OC(C)=O)c(OC(C)=O)c1)NCC(C)OC(=O)OCC(C)C. The number of rotatable bonds is 11. The van der Waals surface area contributed by atoms with E-state index in [1.54, 1.807) is 13.0 Å². The van der Waals surface area contributed by atoms with Crippen molar-refractivity contribution in [3.8, 4) is 11.5 Å². The Kier molecular flexibility index (Phi) is 11.2. The second-order valence-electron chi connectivity index (χ2n) is 7.54. The molecule has 0 aromatic heterocycles. The van der Waals surface area contributed by atoms with Crippen LogP contribution in [0.1, 0.15) is 40.2 Å². The number of carbonyl (C=O) groups excluding carboxylic acids is 4. The molecule has 0 aliphatic heterocycles. The maximum absolute atomic E-state index is 12.2. The maximum atomic E-state index is 12.2. The second kappa shape index (κ2) is 13.3. The molecule has 0 bridgehead atoms. The van der Waals surface area contributed by atoms with Gasteiger partial charge in [-0.05, 0) is 37.0 Å². The summed E-state index contributed by atoms with van der Waals surface area (Å²) < 4.78 is 25.1. The molecule has 32 heavy (non-hydrogen) atoms. The van der Waals surface area contributed by atoms with Gasteiger partial charge >= 0.3 is 24.1 Å². The number of hydrogen-bond donors (Lipinski definition) is 1. The molecule has 0 fully saturated rings. The Hall–Kier alpha value is -3.14. The number of hydrogen-bond acceptors (Lipinski definition) is 10. The molecule has 1 rings (SSSR count). The molecule has 0 spiro atoms. The lowest BCUT2D eigenvalue weighted by atomic mass is 10.0. The standard InChI is InChI=1S/C22H31NO9/c1-13(2)12-29-22(27)30-14(3)11-23-18(21(26)28-6)9-17-7-8-19(31-15(4)24)20(10-17)32-16(5)25/h7-8,10,13-14,18,23H,9,11-12H2,1-6H3/t14?,18-/m0/s1. The van der Waals surface area contributed by atoms with E-state index in [-0.39, 0.29) is 37.0 Å². The predicted octanol–water partition coefficient (Wildman–Crippen LogP) is 2.41. The van der Waals surface area contributed by atoms with Crippen LogP contribution in [0.2, 0.25) is 0 Å². The summed E-state index contributed by atoms with van der Waals surface area (Å²) in [6.07, 6.45) is -1.18. The first-order chi connectivity index (χ1) is 15.0. The normalized spacial score (nSPS) is 12.5. The minimum atomic E-state index is -0.783. The highest BCUT2D eigenvalue weighted by molar-refractivity contribution is 5.76. The number of esters is 3. The molecule has 0 saturated carbocycles. The van der Waals surface area contributed by atoms with E-state index in [2.05, 4.69) is 5.32 Å². The summed E-state index contributed by atoms with van der Waals surface area (Å²) >= 11 is 0. The van der Waals surface area contributed by atoms with Crippen molar-refractivity contribution in [1.82, 2.24) is 5.32 Å². The molecule has 178 valence electrons. The minimum Gasteiger partial charge on any atom is -0.468 e. The van der Waals surface area contributed by atoms with Gasteiger partial charge in [-0.3, -0.25) is 14.4 Å². The molecule has 10 nitrogen and oxygen atoms in total. The molecule has 0 saturated heterocycles. The first-order valence-electron chi connectivity index (χ1n) is 10.2. The molecule has 1 N–H and O–H groups in total. The van der Waals surface area contributed by atoms with E-state index in [0.29, 0.717) is 5.56 Å². The number of methoxy groups -OCH3 is 1. The smallest absolute Gasteiger partial charge is 0.468 e. The summed E-state index contributed by atoms with van der Waals surface area (Å²) in [5.74, 6) is -1.37. The van der Waals surface area contributed by atoms with Gasteiger partial charge in [-0.1, -0.05) is 19.9 Å². The number of carbonyl (C=O) groups is 4. The Morgan fingerprint density at radius 2 is 1.59 bits per heavy atom. The van der Waals surface area contributed by atoms with Gasteiger partial charge in [-0.2, -0.15) is 0 Å². The average molecular weight is 453 g/mol. The topological polar surface area (TPSA) is 126 Å². The van der Waals surface area contributed by atoms with Gasteiger partial charge in [-0.25, -0.2) is 4.79 Å². The molecule has 0 aliphatic rings. The molecule has 0 amide bonds. The van der Waals surface area contributed by atoms with Crippen molar-refractivity contribution in [2.75, 3.05) is 20.3 Å². The van der Waals surface area contributed by atoms with Crippen LogP contribution in [-0.2, 0) is 35.0 Å². The van der Waals surface area contributed by atoms with E-state index in [1.165, 1.54) is 33.1 Å². The minimum absolute atomic E-state index is 0.0541. The van der Waals surface area contributed by atoms with Crippen LogP contribution >= 0.6 is 0 Å². The lowest BCUT2D eigenvalue weighted by molar-refractivity contribution is -0.143. The molecule has 0 radical (unpaired) electrons. The molecular formula is C22H31NO9. The van der Waals surface area contributed by atoms with Crippen LogP contribution < -0.4 is 14.8 Å². The summed E-state index contributed by atoms with van der Waals surface area (Å²) in [5, 5.41) is 3.00. The number of ether oxygens (including phenoxy) is 5. The Balaban J connectivity index is 2.84. The van der Waals surface area contributed by atoms with E-state index in [0.717, 1.165) is 0 Å². The quantitative estimate of drug-likeness (QED) is 0.394. The maximum Gasteiger partial charge on any atom is 0.508 e. The van der Waals surface area contributed by atoms with Crippen LogP contribution in [0.15, 0.2) is 18.2 Å². The van der Waals surface area contributed by atoms with Gasteiger partial charge in [0.15, 0.2) is 11.5 Å². The van der Waals surface area contributed by atoms with Crippen molar-refractivity contribution in [1.29, 1.82) is 0 Å². The fraction of sp³-hybridized carbons (Fsp3) is 0.545. The third-order valence-corrected chi connectivity index (χ3v) is 3.92. The Bertz CT molecular complexity index is 807. The molecular weight excluding hydrogens is 422 g/mol. The Morgan fingerprint density at radius 1 is 0.969 bits per heavy atom. The van der Waals surface area contributed by atoms with Crippen molar-refractivity contribution in [2.24, 2.45) is 5.92 Å². The van der Waals surface area contributed by atoms with E-state index < -0.39 is 36.2 Å². The van der Waals surface area contributed by atoms with E-state index in [9.17, 15) is 19.2 Å². The largest absolute Gasteiger partial charge is 0.508 e. The fourth-order valence-corrected chi connectivity index (χ4v) is 2.55. The van der Waals surface area contributed by atoms with Crippen LogP contribution in [-0.4, -0.2) is 56.5 Å². The monoisotopic (exact) mass is 453 g/mol. The molecule has 10 heteroatoms. The summed E-state index contributed by atoms with van der Waals surface area (Å²) in [6.45, 7) is 8.33. The summed E-state index contributed by atoms with van der Waals surface area (Å²) in [6, 6.07) is 3.83. The highest BCUT2D eigenvalue weighted by Crippen LogP contribution is 2.29. The van der Waals surface area contributed by atoms with Crippen LogP contribution in [0.3, 0.4) is 0 Å². The van der Waals surface area contributed by atoms with Gasteiger partial charge in [0.05, 0.1) is 13.7 Å². The summed E-state index contributed by atoms with van der Waals surface area (Å²) in [5.41, 5.74) is 0.616. The summed E-state index contributed by atoms with van der Waals surface area (Å²) in [4.78, 5) is 46.6. The fourth-order valence-electron chi connectivity index (χ4n) is 2.55. The van der Waals surface area contributed by atoms with Gasteiger partial charge in [0, 0.05) is 20.4 Å². The molecule has 2 atom stereocenters. The highest BCUT2D eigenvalue weighted by atomic mass is 16.7. The average Bonchev–Trinajstić information content (AvgIpc) is 2.70. The van der Waals surface area contributed by atoms with Gasteiger partial charge in [0.1, 0.15) is 12.1 Å². The van der Waals surface area contributed by atoms with Crippen LogP contribution in [0, 0.1) is 5.92 Å². The van der Waals surface area contributed by atoms with Crippen LogP contribution in [0.5, 0.6) is 11.5 Å². The van der Waals surface area contributed by atoms with Gasteiger partial charge < -0.3 is 29.0 Å². The third kappa shape index (κ3) is 10.3. The molecule has 1 aromatic carbocycles. The number of benzene rings is 1. The van der Waals surface area contributed by atoms with Crippen molar-refractivity contribution in [2.45, 2.75) is 53.2 Å². The zero-order chi connectivity index (χ0) is 24.3. The van der Waals surface area contributed by atoms with E-state index in [1.807, 2.05) is 13.8 Å². The van der Waals surface area contributed by atoms with Crippen LogP contribution in [0.4, 0.5) is 4.79 Å². The van der Waals surface area contributed by atoms with Gasteiger partial charge in [-0.15, -0.1) is 0 Å². The van der Waals surface area contributed by atoms with Crippen molar-refractivity contribution < 1.29 is 42.9 Å². The first kappa shape index (κ1) is 26.9. The van der Waals surface area contributed by atoms with E-state index >= 15 is 0 Å². The lowest BCUT2D eigenvalue weighted by Gasteiger charge is -2.20. The van der Waals surface area contributed by atoms with Crippen molar-refractivity contribution in [3.63, 3.8) is 0 Å². The van der Waals surface area contributed by atoms with Crippen molar-refractivity contribution in [3.05, 3.63) is 23.8 Å². The molecule has 0 aliphatic carbocycles. The van der Waals surface area contributed by atoms with Crippen LogP contribution in [0.25, 0.3) is 0 Å². The lowest BCUT2D eigenvalue weighted by Crippen LogP contribution is -2.43. The van der Waals surface area contributed by atoms with Crippen molar-refractivity contribution >= 4 is 24.1 Å². The summed E-state index contributed by atoms with van der Waals surface area (Å²) in [7, 11) is 1.26. The highest BCUT2D eigenvalue weighted by Gasteiger charge is 2.22. The van der Waals surface area contributed by atoms with E-state index in [4.69, 9.17) is 23.7 Å². The third-order valence-electron chi connectivity index (χ3n) is 3.92. The molecule has 1 aromatic rings. The Morgan fingerprint density at radius 3 is 2.16 bits per heavy atom. The predicted molar refractivity (Wildman–Crippen MR) is 113 cm³/mol. The zero-order valence-electron chi connectivity index (χ0n) is 19.3. The second-order valence-corrected chi connectivity index (χ2v) is 7.54. The first-order valence-corrected chi connectivity index (χ1v) is 10.2. The Labute approximate surface area is 187 Å². The molecule has 1 unspecified atom stereocenters. The molecule has 0 heterocycles. The number of nitrogens with one attached hydrogen (secondary N) is 1. The zero-order valence-corrected chi connectivity index (χ0v) is 19.3. The van der Waals surface area contributed by atoms with Gasteiger partial charge in [0.2, 0.25) is 0 Å².